The first-order valence-electron chi connectivity index (χ1n) is 8.43. The zero-order valence-electron chi connectivity index (χ0n) is 15.2. The van der Waals surface area contributed by atoms with Gasteiger partial charge in [-0.05, 0) is 43.7 Å². The van der Waals surface area contributed by atoms with E-state index < -0.39 is 5.91 Å². The predicted octanol–water partition coefficient (Wildman–Crippen LogP) is 3.13. The van der Waals surface area contributed by atoms with E-state index in [2.05, 4.69) is 10.6 Å². The zero-order valence-corrected chi connectivity index (χ0v) is 15.2. The second-order valence-electron chi connectivity index (χ2n) is 6.01. The van der Waals surface area contributed by atoms with Crippen molar-refractivity contribution in [2.45, 2.75) is 32.9 Å². The molecule has 0 fully saturated rings. The van der Waals surface area contributed by atoms with Crippen LogP contribution >= 0.6 is 0 Å². The number of carbonyl (C=O) groups is 2. The van der Waals surface area contributed by atoms with Gasteiger partial charge in [0.25, 0.3) is 0 Å². The van der Waals surface area contributed by atoms with E-state index >= 15 is 0 Å². The predicted molar refractivity (Wildman–Crippen MR) is 100 cm³/mol. The van der Waals surface area contributed by atoms with Crippen LogP contribution in [0.4, 0.5) is 5.69 Å². The molecule has 0 aliphatic carbocycles. The molecule has 6 heteroatoms. The molecular formula is C20H24N2O4. The van der Waals surface area contributed by atoms with Crippen LogP contribution in [-0.2, 0) is 16.1 Å². The molecular weight excluding hydrogens is 332 g/mol. The fourth-order valence-corrected chi connectivity index (χ4v) is 2.27. The van der Waals surface area contributed by atoms with Crippen LogP contribution in [0.2, 0.25) is 0 Å². The molecule has 2 N–H and O–H groups in total. The Balaban J connectivity index is 1.84. The molecule has 0 saturated carbocycles. The van der Waals surface area contributed by atoms with Crippen molar-refractivity contribution < 1.29 is 19.1 Å². The highest BCUT2D eigenvalue weighted by Crippen LogP contribution is 2.24. The minimum Gasteiger partial charge on any atom is -0.497 e. The molecule has 2 rings (SSSR count). The molecule has 0 spiro atoms. The maximum atomic E-state index is 12.1. The van der Waals surface area contributed by atoms with Gasteiger partial charge in [0.2, 0.25) is 11.8 Å². The van der Waals surface area contributed by atoms with Crippen LogP contribution < -0.4 is 20.1 Å². The Labute approximate surface area is 153 Å². The molecule has 2 amide bonds. The maximum absolute atomic E-state index is 12.1. The SMILES string of the molecule is COc1ccc(CNC(=O)CC(=O)Nc2ccccc2OC(C)C)cc1. The van der Waals surface area contributed by atoms with Gasteiger partial charge in [-0.1, -0.05) is 24.3 Å². The summed E-state index contributed by atoms with van der Waals surface area (Å²) in [4.78, 5) is 24.1. The lowest BCUT2D eigenvalue weighted by Gasteiger charge is -2.14. The molecule has 0 atom stereocenters. The van der Waals surface area contributed by atoms with E-state index in [0.717, 1.165) is 11.3 Å². The average molecular weight is 356 g/mol. The van der Waals surface area contributed by atoms with Gasteiger partial charge in [0.1, 0.15) is 17.9 Å². The number of amides is 2. The van der Waals surface area contributed by atoms with Crippen molar-refractivity contribution in [1.82, 2.24) is 5.32 Å². The van der Waals surface area contributed by atoms with E-state index in [9.17, 15) is 9.59 Å². The van der Waals surface area contributed by atoms with E-state index in [0.29, 0.717) is 18.0 Å². The Bertz CT molecular complexity index is 742. The van der Waals surface area contributed by atoms with Crippen molar-refractivity contribution >= 4 is 17.5 Å². The van der Waals surface area contributed by atoms with E-state index in [1.54, 1.807) is 25.3 Å². The molecule has 0 saturated heterocycles. The minimum absolute atomic E-state index is 0.0131. The Kier molecular flexibility index (Phi) is 7.02. The van der Waals surface area contributed by atoms with Crippen LogP contribution in [0.25, 0.3) is 0 Å². The number of hydrogen-bond donors (Lipinski definition) is 2. The first-order valence-corrected chi connectivity index (χ1v) is 8.43. The summed E-state index contributed by atoms with van der Waals surface area (Å²) in [6.45, 7) is 4.17. The third kappa shape index (κ3) is 6.12. The Morgan fingerprint density at radius 3 is 2.35 bits per heavy atom. The molecule has 0 radical (unpaired) electrons. The summed E-state index contributed by atoms with van der Waals surface area (Å²) in [5.74, 6) is 0.592. The number of para-hydroxylation sites is 2. The molecule has 26 heavy (non-hydrogen) atoms. The lowest BCUT2D eigenvalue weighted by atomic mass is 10.2. The van der Waals surface area contributed by atoms with Crippen molar-refractivity contribution in [3.8, 4) is 11.5 Å². The zero-order chi connectivity index (χ0) is 18.9. The van der Waals surface area contributed by atoms with E-state index in [1.165, 1.54) is 0 Å². The summed E-state index contributed by atoms with van der Waals surface area (Å²) in [5, 5.41) is 5.45. The van der Waals surface area contributed by atoms with Gasteiger partial charge < -0.3 is 20.1 Å². The van der Waals surface area contributed by atoms with Crippen LogP contribution in [0.15, 0.2) is 48.5 Å². The molecule has 0 aliphatic heterocycles. The summed E-state index contributed by atoms with van der Waals surface area (Å²) in [6.07, 6.45) is -0.271. The molecule has 0 aromatic heterocycles. The first-order chi connectivity index (χ1) is 12.5. The Hall–Kier alpha value is -3.02. The van der Waals surface area contributed by atoms with Crippen LogP contribution in [-0.4, -0.2) is 25.0 Å². The third-order valence-electron chi connectivity index (χ3n) is 3.49. The number of anilines is 1. The molecule has 0 aliphatic rings. The summed E-state index contributed by atoms with van der Waals surface area (Å²) < 4.78 is 10.7. The maximum Gasteiger partial charge on any atom is 0.233 e. The minimum atomic E-state index is -0.392. The van der Waals surface area contributed by atoms with Crippen LogP contribution in [0, 0.1) is 0 Å². The van der Waals surface area contributed by atoms with Gasteiger partial charge in [0.15, 0.2) is 0 Å². The van der Waals surface area contributed by atoms with Crippen molar-refractivity contribution in [3.63, 3.8) is 0 Å². The Morgan fingerprint density at radius 1 is 1.00 bits per heavy atom. The highest BCUT2D eigenvalue weighted by atomic mass is 16.5. The molecule has 2 aromatic carbocycles. The van der Waals surface area contributed by atoms with Crippen molar-refractivity contribution in [2.24, 2.45) is 0 Å². The molecule has 2 aromatic rings. The number of hydrogen-bond acceptors (Lipinski definition) is 4. The highest BCUT2D eigenvalue weighted by molar-refractivity contribution is 6.04. The fraction of sp³-hybridized carbons (Fsp3) is 0.300. The quantitative estimate of drug-likeness (QED) is 0.713. The monoisotopic (exact) mass is 356 g/mol. The van der Waals surface area contributed by atoms with Crippen LogP contribution in [0.1, 0.15) is 25.8 Å². The number of nitrogens with one attached hydrogen (secondary N) is 2. The summed E-state index contributed by atoms with van der Waals surface area (Å²) in [6, 6.07) is 14.5. The topological polar surface area (TPSA) is 76.7 Å². The number of methoxy groups -OCH3 is 1. The van der Waals surface area contributed by atoms with Gasteiger partial charge in [0, 0.05) is 6.54 Å². The summed E-state index contributed by atoms with van der Waals surface area (Å²) >= 11 is 0. The van der Waals surface area contributed by atoms with Crippen LogP contribution in [0.5, 0.6) is 11.5 Å². The standard InChI is InChI=1S/C20H24N2O4/c1-14(2)26-18-7-5-4-6-17(18)22-20(24)12-19(23)21-13-15-8-10-16(25-3)11-9-15/h4-11,14H,12-13H2,1-3H3,(H,21,23)(H,22,24). The second kappa shape index (κ2) is 9.46. The fourth-order valence-electron chi connectivity index (χ4n) is 2.27. The Morgan fingerprint density at radius 2 is 1.69 bits per heavy atom. The van der Waals surface area contributed by atoms with Gasteiger partial charge in [-0.2, -0.15) is 0 Å². The van der Waals surface area contributed by atoms with E-state index in [-0.39, 0.29) is 18.4 Å². The largest absolute Gasteiger partial charge is 0.497 e. The van der Waals surface area contributed by atoms with Gasteiger partial charge in [-0.3, -0.25) is 9.59 Å². The molecule has 0 heterocycles. The second-order valence-corrected chi connectivity index (χ2v) is 6.01. The van der Waals surface area contributed by atoms with Gasteiger partial charge in [0.05, 0.1) is 18.9 Å². The van der Waals surface area contributed by atoms with Crippen molar-refractivity contribution in [3.05, 3.63) is 54.1 Å². The van der Waals surface area contributed by atoms with E-state index in [4.69, 9.17) is 9.47 Å². The van der Waals surface area contributed by atoms with Crippen molar-refractivity contribution in [2.75, 3.05) is 12.4 Å². The van der Waals surface area contributed by atoms with Crippen molar-refractivity contribution in [1.29, 1.82) is 0 Å². The van der Waals surface area contributed by atoms with Gasteiger partial charge in [-0.25, -0.2) is 0 Å². The van der Waals surface area contributed by atoms with Crippen LogP contribution in [0.3, 0.4) is 0 Å². The number of ether oxygens (including phenoxy) is 2. The number of benzene rings is 2. The summed E-state index contributed by atoms with van der Waals surface area (Å²) in [5.41, 5.74) is 1.48. The lowest BCUT2D eigenvalue weighted by Crippen LogP contribution is -2.27. The molecule has 0 bridgehead atoms. The first kappa shape index (κ1) is 19.3. The summed E-state index contributed by atoms with van der Waals surface area (Å²) in [7, 11) is 1.60. The third-order valence-corrected chi connectivity index (χ3v) is 3.49. The van der Waals surface area contributed by atoms with Gasteiger partial charge >= 0.3 is 0 Å². The normalized spacial score (nSPS) is 10.3. The smallest absolute Gasteiger partial charge is 0.233 e. The van der Waals surface area contributed by atoms with E-state index in [1.807, 2.05) is 44.2 Å². The lowest BCUT2D eigenvalue weighted by molar-refractivity contribution is -0.126. The molecule has 0 unspecified atom stereocenters. The van der Waals surface area contributed by atoms with Gasteiger partial charge in [-0.15, -0.1) is 0 Å². The number of rotatable bonds is 8. The average Bonchev–Trinajstić information content (AvgIpc) is 2.61. The molecule has 138 valence electrons. The molecule has 6 nitrogen and oxygen atoms in total. The highest BCUT2D eigenvalue weighted by Gasteiger charge is 2.12. The number of carbonyl (C=O) groups excluding carboxylic acids is 2.